The van der Waals surface area contributed by atoms with Gasteiger partial charge in [0.25, 0.3) is 0 Å². The first-order valence-electron chi connectivity index (χ1n) is 5.97. The Morgan fingerprint density at radius 3 is 2.38 bits per heavy atom. The summed E-state index contributed by atoms with van der Waals surface area (Å²) in [6.45, 7) is 4.53. The van der Waals surface area contributed by atoms with Gasteiger partial charge in [0, 0.05) is 40.8 Å². The van der Waals surface area contributed by atoms with Gasteiger partial charge in [-0.15, -0.1) is 0 Å². The van der Waals surface area contributed by atoms with Crippen LogP contribution in [0.2, 0.25) is 0 Å². The van der Waals surface area contributed by atoms with E-state index in [0.717, 1.165) is 17.9 Å². The van der Waals surface area contributed by atoms with Crippen LogP contribution in [0, 0.1) is 46.8 Å². The summed E-state index contributed by atoms with van der Waals surface area (Å²) in [5, 5.41) is 9.56. The maximum atomic E-state index is 9.56. The van der Waals surface area contributed by atoms with Crippen molar-refractivity contribution in [3.63, 3.8) is 0 Å². The van der Waals surface area contributed by atoms with E-state index in [2.05, 4.69) is 13.8 Å². The van der Waals surface area contributed by atoms with Crippen LogP contribution in [0.4, 0.5) is 0 Å². The summed E-state index contributed by atoms with van der Waals surface area (Å²) in [5.74, 6) is 1.26. The van der Waals surface area contributed by atoms with Gasteiger partial charge in [0.2, 0.25) is 0 Å². The van der Waals surface area contributed by atoms with Crippen LogP contribution in [0.5, 0.6) is 5.75 Å². The zero-order valence-electron chi connectivity index (χ0n) is 10.4. The Kier molecular flexibility index (Phi) is 9.62. The van der Waals surface area contributed by atoms with E-state index in [4.69, 9.17) is 0 Å². The van der Waals surface area contributed by atoms with Crippen LogP contribution in [0.15, 0.2) is 24.3 Å². The van der Waals surface area contributed by atoms with E-state index in [0.29, 0.717) is 5.75 Å². The normalized spacial score (nSPS) is 10.2. The molecular formula is C14H22NdO. The fourth-order valence-electron chi connectivity index (χ4n) is 1.77. The van der Waals surface area contributed by atoms with Gasteiger partial charge in [-0.3, -0.25) is 0 Å². The Morgan fingerprint density at radius 2 is 1.75 bits per heavy atom. The number of unbranched alkanes of at least 4 members (excludes halogenated alkanes) is 2. The van der Waals surface area contributed by atoms with Crippen molar-refractivity contribution in [1.82, 2.24) is 0 Å². The van der Waals surface area contributed by atoms with Gasteiger partial charge in [-0.1, -0.05) is 51.3 Å². The summed E-state index contributed by atoms with van der Waals surface area (Å²) in [5.41, 5.74) is 1.09. The van der Waals surface area contributed by atoms with Gasteiger partial charge in [0.05, 0.1) is 0 Å². The third-order valence-corrected chi connectivity index (χ3v) is 2.72. The zero-order valence-corrected chi connectivity index (χ0v) is 13.6. The third kappa shape index (κ3) is 6.85. The second kappa shape index (κ2) is 9.41. The Morgan fingerprint density at radius 1 is 1.06 bits per heavy atom. The second-order valence-electron chi connectivity index (χ2n) is 4.62. The molecule has 0 aliphatic carbocycles. The second-order valence-corrected chi connectivity index (χ2v) is 4.62. The minimum Gasteiger partial charge on any atom is -0.508 e. The standard InChI is InChI=1S/C14H22O.Nd/c1-12(2)8-4-3-5-9-13-10-6-7-11-14(13)15;/h6-7,10-12,15H,3-5,8-9H2,1-2H3;. The van der Waals surface area contributed by atoms with Gasteiger partial charge in [-0.25, -0.2) is 0 Å². The minimum atomic E-state index is 0. The molecule has 0 saturated carbocycles. The van der Waals surface area contributed by atoms with Crippen LogP contribution >= 0.6 is 0 Å². The molecule has 1 nitrogen and oxygen atoms in total. The van der Waals surface area contributed by atoms with E-state index in [1.54, 1.807) is 6.07 Å². The first-order chi connectivity index (χ1) is 7.20. The van der Waals surface area contributed by atoms with Crippen molar-refractivity contribution in [2.45, 2.75) is 46.0 Å². The fourth-order valence-corrected chi connectivity index (χ4v) is 1.77. The number of phenolic OH excluding ortho intramolecular Hbond substituents is 1. The van der Waals surface area contributed by atoms with Gasteiger partial charge in [-0.2, -0.15) is 0 Å². The van der Waals surface area contributed by atoms with Gasteiger partial charge >= 0.3 is 0 Å². The predicted molar refractivity (Wildman–Crippen MR) is 65.1 cm³/mol. The van der Waals surface area contributed by atoms with Gasteiger partial charge in [0.1, 0.15) is 5.75 Å². The number of benzene rings is 1. The van der Waals surface area contributed by atoms with E-state index >= 15 is 0 Å². The third-order valence-electron chi connectivity index (χ3n) is 2.72. The molecular weight excluding hydrogens is 328 g/mol. The van der Waals surface area contributed by atoms with Crippen molar-refractivity contribution in [2.75, 3.05) is 0 Å². The molecule has 1 rings (SSSR count). The Hall–Kier alpha value is 0.371. The maximum Gasteiger partial charge on any atom is 0.118 e. The van der Waals surface area contributed by atoms with E-state index in [-0.39, 0.29) is 40.8 Å². The molecule has 0 bridgehead atoms. The summed E-state index contributed by atoms with van der Waals surface area (Å²) in [7, 11) is 0. The molecule has 0 fully saturated rings. The average Bonchev–Trinajstić information content (AvgIpc) is 2.20. The number of para-hydroxylation sites is 1. The number of aromatic hydroxyl groups is 1. The smallest absolute Gasteiger partial charge is 0.118 e. The molecule has 0 atom stereocenters. The van der Waals surface area contributed by atoms with Crippen molar-refractivity contribution >= 4 is 0 Å². The van der Waals surface area contributed by atoms with E-state index in [9.17, 15) is 5.11 Å². The summed E-state index contributed by atoms with van der Waals surface area (Å²) < 4.78 is 0. The summed E-state index contributed by atoms with van der Waals surface area (Å²) >= 11 is 0. The molecule has 0 saturated heterocycles. The number of aryl methyl sites for hydroxylation is 1. The van der Waals surface area contributed by atoms with Crippen molar-refractivity contribution < 1.29 is 45.9 Å². The number of rotatable bonds is 6. The van der Waals surface area contributed by atoms with Crippen molar-refractivity contribution in [2.24, 2.45) is 5.92 Å². The fraction of sp³-hybridized carbons (Fsp3) is 0.571. The van der Waals surface area contributed by atoms with Crippen LogP contribution in [0.3, 0.4) is 0 Å². The summed E-state index contributed by atoms with van der Waals surface area (Å²) in [4.78, 5) is 0. The zero-order chi connectivity index (χ0) is 11.1. The molecule has 0 spiro atoms. The first-order valence-corrected chi connectivity index (χ1v) is 5.97. The largest absolute Gasteiger partial charge is 0.508 e. The number of hydrogen-bond donors (Lipinski definition) is 1. The van der Waals surface area contributed by atoms with Gasteiger partial charge in [-0.05, 0) is 30.4 Å². The number of phenols is 1. The molecule has 0 unspecified atom stereocenters. The molecule has 16 heavy (non-hydrogen) atoms. The van der Waals surface area contributed by atoms with Crippen LogP contribution < -0.4 is 0 Å². The van der Waals surface area contributed by atoms with Crippen LogP contribution in [0.25, 0.3) is 0 Å². The van der Waals surface area contributed by atoms with Crippen molar-refractivity contribution in [3.05, 3.63) is 29.8 Å². The molecule has 1 N–H and O–H groups in total. The molecule has 0 amide bonds. The Labute approximate surface area is 132 Å². The monoisotopic (exact) mass is 348 g/mol. The van der Waals surface area contributed by atoms with E-state index < -0.39 is 0 Å². The van der Waals surface area contributed by atoms with Crippen molar-refractivity contribution in [3.8, 4) is 5.75 Å². The SMILES string of the molecule is CC(C)CCCCCc1ccccc1O.[Nd]. The van der Waals surface area contributed by atoms with Crippen molar-refractivity contribution in [1.29, 1.82) is 0 Å². The molecule has 0 aliphatic heterocycles. The van der Waals surface area contributed by atoms with Crippen LogP contribution in [-0.2, 0) is 6.42 Å². The van der Waals surface area contributed by atoms with Crippen LogP contribution in [-0.4, -0.2) is 5.11 Å². The van der Waals surface area contributed by atoms with Gasteiger partial charge in [0.15, 0.2) is 0 Å². The molecule has 0 radical (unpaired) electrons. The topological polar surface area (TPSA) is 20.2 Å². The predicted octanol–water partition coefficient (Wildman–Crippen LogP) is 4.15. The first kappa shape index (κ1) is 16.4. The summed E-state index contributed by atoms with van der Waals surface area (Å²) in [6, 6.07) is 7.64. The Balaban J connectivity index is 0.00000225. The van der Waals surface area contributed by atoms with E-state index in [1.807, 2.05) is 18.2 Å². The number of hydrogen-bond acceptors (Lipinski definition) is 1. The maximum absolute atomic E-state index is 9.56. The van der Waals surface area contributed by atoms with Gasteiger partial charge < -0.3 is 5.11 Å². The van der Waals surface area contributed by atoms with E-state index in [1.165, 1.54) is 25.7 Å². The van der Waals surface area contributed by atoms with Crippen LogP contribution in [0.1, 0.15) is 45.1 Å². The quantitative estimate of drug-likeness (QED) is 0.764. The molecule has 0 aliphatic rings. The molecule has 88 valence electrons. The molecule has 2 heteroatoms. The molecule has 0 aromatic heterocycles. The average molecular weight is 351 g/mol. The Bertz CT molecular complexity index is 284. The molecule has 1 aromatic carbocycles. The summed E-state index contributed by atoms with van der Waals surface area (Å²) in [6.07, 6.45) is 6.09. The molecule has 1 aromatic rings. The molecule has 0 heterocycles. The minimum absolute atomic E-state index is 0.